The highest BCUT2D eigenvalue weighted by Crippen LogP contribution is 2.35. The van der Waals surface area contributed by atoms with Gasteiger partial charge in [-0.2, -0.15) is 0 Å². The molecular formula is C18H23N3O3. The number of carbonyl (C=O) groups excluding carboxylic acids is 1. The van der Waals surface area contributed by atoms with Gasteiger partial charge in [0.15, 0.2) is 0 Å². The standard InChI is InChI=1S/C18H23N3O3/c1-13-4-6-15(7-5-13)14(2)21-12-16(19-20-21)18(17(22)23-3)8-10-24-11-9-18/h4-7,12,14H,8-11H2,1-3H3/t14-/m1/s1. The van der Waals surface area contributed by atoms with Crippen LogP contribution in [0.4, 0.5) is 0 Å². The van der Waals surface area contributed by atoms with Crippen molar-refractivity contribution in [3.63, 3.8) is 0 Å². The maximum Gasteiger partial charge on any atom is 0.318 e. The molecule has 2 heterocycles. The number of carbonyl (C=O) groups is 1. The molecular weight excluding hydrogens is 306 g/mol. The fraction of sp³-hybridized carbons (Fsp3) is 0.500. The second-order valence-electron chi connectivity index (χ2n) is 6.36. The average Bonchev–Trinajstić information content (AvgIpc) is 3.12. The second kappa shape index (κ2) is 6.73. The first-order valence-corrected chi connectivity index (χ1v) is 8.22. The topological polar surface area (TPSA) is 66.2 Å². The first-order chi connectivity index (χ1) is 11.6. The number of benzene rings is 1. The fourth-order valence-corrected chi connectivity index (χ4v) is 3.16. The lowest BCUT2D eigenvalue weighted by molar-refractivity contribution is -0.151. The monoisotopic (exact) mass is 329 g/mol. The van der Waals surface area contributed by atoms with Crippen LogP contribution in [0.2, 0.25) is 0 Å². The van der Waals surface area contributed by atoms with Crippen LogP contribution in [0.25, 0.3) is 0 Å². The van der Waals surface area contributed by atoms with Gasteiger partial charge in [0.05, 0.1) is 19.3 Å². The highest BCUT2D eigenvalue weighted by molar-refractivity contribution is 5.82. The van der Waals surface area contributed by atoms with Crippen LogP contribution in [0.15, 0.2) is 30.5 Å². The molecule has 0 saturated carbocycles. The van der Waals surface area contributed by atoms with Crippen molar-refractivity contribution < 1.29 is 14.3 Å². The van der Waals surface area contributed by atoms with Gasteiger partial charge in [-0.1, -0.05) is 35.0 Å². The molecule has 1 aromatic heterocycles. The van der Waals surface area contributed by atoms with E-state index in [1.54, 1.807) is 4.68 Å². The highest BCUT2D eigenvalue weighted by Gasteiger charge is 2.45. The van der Waals surface area contributed by atoms with Gasteiger partial charge >= 0.3 is 5.97 Å². The normalized spacial score (nSPS) is 18.1. The maximum absolute atomic E-state index is 12.4. The van der Waals surface area contributed by atoms with Gasteiger partial charge in [0.25, 0.3) is 0 Å². The van der Waals surface area contributed by atoms with E-state index in [4.69, 9.17) is 9.47 Å². The predicted octanol–water partition coefficient (Wildman–Crippen LogP) is 2.42. The number of rotatable bonds is 4. The molecule has 1 saturated heterocycles. The van der Waals surface area contributed by atoms with Crippen LogP contribution in [-0.4, -0.2) is 41.3 Å². The van der Waals surface area contributed by atoms with Crippen molar-refractivity contribution in [2.45, 2.75) is 38.1 Å². The molecule has 2 aromatic rings. The molecule has 1 aromatic carbocycles. The Kier molecular flexibility index (Phi) is 4.66. The maximum atomic E-state index is 12.4. The highest BCUT2D eigenvalue weighted by atomic mass is 16.5. The molecule has 0 amide bonds. The average molecular weight is 329 g/mol. The zero-order valence-electron chi connectivity index (χ0n) is 14.4. The summed E-state index contributed by atoms with van der Waals surface area (Å²) in [4.78, 5) is 12.4. The molecule has 0 unspecified atom stereocenters. The van der Waals surface area contributed by atoms with Crippen molar-refractivity contribution >= 4 is 5.97 Å². The molecule has 1 aliphatic heterocycles. The Hall–Kier alpha value is -2.21. The van der Waals surface area contributed by atoms with Gasteiger partial charge in [-0.25, -0.2) is 4.68 Å². The summed E-state index contributed by atoms with van der Waals surface area (Å²) in [6.45, 7) is 5.18. The lowest BCUT2D eigenvalue weighted by Crippen LogP contribution is -2.42. The molecule has 1 fully saturated rings. The van der Waals surface area contributed by atoms with E-state index in [0.29, 0.717) is 31.7 Å². The van der Waals surface area contributed by atoms with E-state index in [1.807, 2.05) is 6.20 Å². The van der Waals surface area contributed by atoms with Crippen LogP contribution in [-0.2, 0) is 19.7 Å². The molecule has 6 nitrogen and oxygen atoms in total. The number of nitrogens with zero attached hydrogens (tertiary/aromatic N) is 3. The Morgan fingerprint density at radius 2 is 1.96 bits per heavy atom. The Morgan fingerprint density at radius 1 is 1.29 bits per heavy atom. The largest absolute Gasteiger partial charge is 0.468 e. The SMILES string of the molecule is COC(=O)C1(c2cn([C@H](C)c3ccc(C)cc3)nn2)CCOCC1. The number of hydrogen-bond acceptors (Lipinski definition) is 5. The van der Waals surface area contributed by atoms with Crippen LogP contribution in [0.5, 0.6) is 0 Å². The summed E-state index contributed by atoms with van der Waals surface area (Å²) in [5.41, 5.74) is 2.28. The van der Waals surface area contributed by atoms with Gasteiger partial charge in [0, 0.05) is 13.2 Å². The minimum atomic E-state index is -0.752. The van der Waals surface area contributed by atoms with Crippen molar-refractivity contribution in [1.29, 1.82) is 0 Å². The number of hydrogen-bond donors (Lipinski definition) is 0. The lowest BCUT2D eigenvalue weighted by Gasteiger charge is -2.32. The van der Waals surface area contributed by atoms with Gasteiger partial charge in [0.1, 0.15) is 11.1 Å². The lowest BCUT2D eigenvalue weighted by atomic mass is 9.77. The molecule has 128 valence electrons. The van der Waals surface area contributed by atoms with Gasteiger partial charge in [-0.05, 0) is 32.3 Å². The fourth-order valence-electron chi connectivity index (χ4n) is 3.16. The molecule has 6 heteroatoms. The molecule has 0 spiro atoms. The van der Waals surface area contributed by atoms with Gasteiger partial charge in [0.2, 0.25) is 0 Å². The van der Waals surface area contributed by atoms with E-state index >= 15 is 0 Å². The molecule has 0 aliphatic carbocycles. The van der Waals surface area contributed by atoms with Crippen LogP contribution < -0.4 is 0 Å². The number of methoxy groups -OCH3 is 1. The molecule has 0 N–H and O–H groups in total. The summed E-state index contributed by atoms with van der Waals surface area (Å²) >= 11 is 0. The van der Waals surface area contributed by atoms with E-state index in [9.17, 15) is 4.79 Å². The van der Waals surface area contributed by atoms with E-state index < -0.39 is 5.41 Å². The number of esters is 1. The summed E-state index contributed by atoms with van der Waals surface area (Å²) < 4.78 is 12.3. The third-order valence-corrected chi connectivity index (χ3v) is 4.88. The van der Waals surface area contributed by atoms with Crippen molar-refractivity contribution in [1.82, 2.24) is 15.0 Å². The first kappa shape index (κ1) is 16.6. The number of aryl methyl sites for hydroxylation is 1. The summed E-state index contributed by atoms with van der Waals surface area (Å²) in [6.07, 6.45) is 3.00. The molecule has 0 bridgehead atoms. The van der Waals surface area contributed by atoms with E-state index in [2.05, 4.69) is 48.4 Å². The Labute approximate surface area is 141 Å². The predicted molar refractivity (Wildman–Crippen MR) is 88.8 cm³/mol. The quantitative estimate of drug-likeness (QED) is 0.806. The summed E-state index contributed by atoms with van der Waals surface area (Å²) in [6, 6.07) is 8.38. The second-order valence-corrected chi connectivity index (χ2v) is 6.36. The molecule has 24 heavy (non-hydrogen) atoms. The zero-order valence-corrected chi connectivity index (χ0v) is 14.4. The van der Waals surface area contributed by atoms with Crippen LogP contribution in [0, 0.1) is 6.92 Å². The summed E-state index contributed by atoms with van der Waals surface area (Å²) in [5, 5.41) is 8.57. The van der Waals surface area contributed by atoms with Crippen LogP contribution in [0.3, 0.4) is 0 Å². The van der Waals surface area contributed by atoms with Crippen molar-refractivity contribution in [2.75, 3.05) is 20.3 Å². The Morgan fingerprint density at radius 3 is 2.58 bits per heavy atom. The molecule has 0 radical (unpaired) electrons. The molecule has 3 rings (SSSR count). The third-order valence-electron chi connectivity index (χ3n) is 4.88. The van der Waals surface area contributed by atoms with Crippen molar-refractivity contribution in [2.24, 2.45) is 0 Å². The smallest absolute Gasteiger partial charge is 0.318 e. The van der Waals surface area contributed by atoms with E-state index in [-0.39, 0.29) is 12.0 Å². The van der Waals surface area contributed by atoms with Crippen molar-refractivity contribution in [3.8, 4) is 0 Å². The van der Waals surface area contributed by atoms with Crippen LogP contribution in [0.1, 0.15) is 42.6 Å². The first-order valence-electron chi connectivity index (χ1n) is 8.22. The zero-order chi connectivity index (χ0) is 17.2. The summed E-state index contributed by atoms with van der Waals surface area (Å²) in [5.74, 6) is -0.263. The minimum absolute atomic E-state index is 0.0430. The van der Waals surface area contributed by atoms with Crippen LogP contribution >= 0.6 is 0 Å². The minimum Gasteiger partial charge on any atom is -0.468 e. The third kappa shape index (κ3) is 2.94. The van der Waals surface area contributed by atoms with Crippen molar-refractivity contribution in [3.05, 3.63) is 47.3 Å². The molecule has 1 atom stereocenters. The Balaban J connectivity index is 1.90. The number of aromatic nitrogens is 3. The van der Waals surface area contributed by atoms with Gasteiger partial charge in [-0.15, -0.1) is 5.10 Å². The van der Waals surface area contributed by atoms with Gasteiger partial charge < -0.3 is 9.47 Å². The summed E-state index contributed by atoms with van der Waals surface area (Å²) in [7, 11) is 1.42. The van der Waals surface area contributed by atoms with E-state index in [0.717, 1.165) is 5.56 Å². The Bertz CT molecular complexity index is 703. The molecule has 1 aliphatic rings. The number of ether oxygens (including phenoxy) is 2. The van der Waals surface area contributed by atoms with Gasteiger partial charge in [-0.3, -0.25) is 4.79 Å². The van der Waals surface area contributed by atoms with E-state index in [1.165, 1.54) is 12.7 Å².